The van der Waals surface area contributed by atoms with Gasteiger partial charge in [-0.15, -0.1) is 11.8 Å². The van der Waals surface area contributed by atoms with Crippen molar-refractivity contribution >= 4 is 70.0 Å². The van der Waals surface area contributed by atoms with Crippen molar-refractivity contribution < 1.29 is 58.8 Å². The lowest BCUT2D eigenvalue weighted by Crippen LogP contribution is -2.58. The minimum atomic E-state index is -1.53. The summed E-state index contributed by atoms with van der Waals surface area (Å²) in [5.74, 6) is -8.72. The van der Waals surface area contributed by atoms with Gasteiger partial charge in [0.15, 0.2) is 0 Å². The van der Waals surface area contributed by atoms with Crippen LogP contribution in [0, 0.1) is 10.8 Å². The number of thioether (sulfide) groups is 1. The standard InChI is InChI=1S/C42H54N10O13S/c1-21(32(55)19-53)35(43)39(61)50-29-15-25-24-9-5-6-10-26(24)51-40(25)66-20-30(38(60)49-27(11-12-46-65)41(62)52-18-23(54)14-31(52)42(63)64)48-34(57)17-44-36(58)28(13-22-7-3-2-4-8-22)47-33(56)16-45-37(29)59/h2-10,21,23,27-32,35,51,53-55H,11-20,43H2,1H3,(H,44,58)(H,45,59)(H,47,56)(H,48,57)(H,49,60)(H,50,61)(H,63,64)/t21-,23+,27-,28-,29-,30-,31-,32?,35-/m0/s1. The second kappa shape index (κ2) is 23.6. The van der Waals surface area contributed by atoms with Gasteiger partial charge in [0.05, 0.1) is 49.5 Å². The zero-order valence-corrected chi connectivity index (χ0v) is 36.6. The van der Waals surface area contributed by atoms with Gasteiger partial charge in [0, 0.05) is 48.4 Å². The molecule has 9 atom stereocenters. The Morgan fingerprint density at radius 3 is 2.32 bits per heavy atom. The Bertz CT molecular complexity index is 2260. The molecule has 0 saturated carbocycles. The number of nitrogens with two attached hydrogens (primary N) is 1. The average Bonchev–Trinajstić information content (AvgIpc) is 3.88. The molecule has 0 radical (unpaired) electrons. The molecule has 2 aliphatic heterocycles. The van der Waals surface area contributed by atoms with E-state index >= 15 is 0 Å². The number of nitrogens with zero attached hydrogens (tertiary/aromatic N) is 2. The largest absolute Gasteiger partial charge is 0.480 e. The Hall–Kier alpha value is -6.47. The van der Waals surface area contributed by atoms with E-state index in [4.69, 9.17) is 5.73 Å². The number of rotatable bonds is 14. The number of nitrogens with one attached hydrogen (secondary N) is 7. The number of para-hydroxylation sites is 1. The molecule has 3 heterocycles. The van der Waals surface area contributed by atoms with E-state index in [1.54, 1.807) is 54.6 Å². The van der Waals surface area contributed by atoms with Crippen LogP contribution in [0.5, 0.6) is 0 Å². The number of aliphatic hydroxyl groups excluding tert-OH is 3. The summed E-state index contributed by atoms with van der Waals surface area (Å²) in [5, 5.41) is 58.6. The number of aliphatic carboxylic acids is 1. The van der Waals surface area contributed by atoms with Crippen LogP contribution in [0.3, 0.4) is 0 Å². The third kappa shape index (κ3) is 13.3. The third-order valence-electron chi connectivity index (χ3n) is 11.3. The molecule has 2 aromatic carbocycles. The number of aliphatic hydroxyl groups is 3. The summed E-state index contributed by atoms with van der Waals surface area (Å²) >= 11 is 0.993. The molecule has 0 spiro atoms. The minimum Gasteiger partial charge on any atom is -0.480 e. The van der Waals surface area contributed by atoms with Crippen LogP contribution in [0.1, 0.15) is 30.9 Å². The smallest absolute Gasteiger partial charge is 0.326 e. The van der Waals surface area contributed by atoms with Crippen molar-refractivity contribution in [3.63, 3.8) is 0 Å². The zero-order chi connectivity index (χ0) is 48.1. The number of β-amino-alcohol motifs (C(OH)–C–C–N with tert-alkyl or cyclic N) is 1. The molecular weight excluding hydrogens is 885 g/mol. The molecule has 1 saturated heterocycles. The highest BCUT2D eigenvalue weighted by Crippen LogP contribution is 2.32. The van der Waals surface area contributed by atoms with Gasteiger partial charge in [-0.05, 0) is 23.6 Å². The monoisotopic (exact) mass is 938 g/mol. The van der Waals surface area contributed by atoms with E-state index in [-0.39, 0.29) is 38.0 Å². The number of nitroso groups, excluding NO2 is 1. The summed E-state index contributed by atoms with van der Waals surface area (Å²) in [6, 6.07) is 6.88. The van der Waals surface area contributed by atoms with Crippen LogP contribution in [0.4, 0.5) is 0 Å². The second-order valence-corrected chi connectivity index (χ2v) is 17.0. The number of H-pyrrole nitrogens is 1. The Labute approximate surface area is 381 Å². The molecule has 13 N–H and O–H groups in total. The summed E-state index contributed by atoms with van der Waals surface area (Å²) in [5.41, 5.74) is 7.79. The van der Waals surface area contributed by atoms with Gasteiger partial charge in [0.25, 0.3) is 0 Å². The molecule has 5 rings (SSSR count). The number of carboxylic acid groups (broad SMARTS) is 1. The van der Waals surface area contributed by atoms with Gasteiger partial charge in [-0.25, -0.2) is 4.79 Å². The maximum Gasteiger partial charge on any atom is 0.326 e. The van der Waals surface area contributed by atoms with Crippen molar-refractivity contribution in [3.8, 4) is 0 Å². The van der Waals surface area contributed by atoms with Crippen LogP contribution >= 0.6 is 11.8 Å². The van der Waals surface area contributed by atoms with E-state index in [1.807, 2.05) is 0 Å². The minimum absolute atomic E-state index is 0.0463. The Morgan fingerprint density at radius 1 is 0.970 bits per heavy atom. The molecule has 0 aliphatic carbocycles. The molecule has 7 amide bonds. The van der Waals surface area contributed by atoms with Crippen molar-refractivity contribution in [2.75, 3.05) is 38.5 Å². The molecule has 24 heteroatoms. The number of aromatic amines is 1. The van der Waals surface area contributed by atoms with Crippen LogP contribution < -0.4 is 37.6 Å². The predicted molar refractivity (Wildman–Crippen MR) is 236 cm³/mol. The molecule has 0 bridgehead atoms. The fourth-order valence-electron chi connectivity index (χ4n) is 7.51. The maximum atomic E-state index is 14.2. The van der Waals surface area contributed by atoms with Gasteiger partial charge < -0.3 is 67.9 Å². The first-order chi connectivity index (χ1) is 31.5. The predicted octanol–water partition coefficient (Wildman–Crippen LogP) is -3.25. The lowest BCUT2D eigenvalue weighted by molar-refractivity contribution is -0.149. The highest BCUT2D eigenvalue weighted by atomic mass is 32.2. The van der Waals surface area contributed by atoms with Gasteiger partial charge in [-0.3, -0.25) is 33.6 Å². The molecule has 23 nitrogen and oxygen atoms in total. The number of hydrogen-bond acceptors (Lipinski definition) is 15. The van der Waals surface area contributed by atoms with E-state index in [1.165, 1.54) is 6.92 Å². The van der Waals surface area contributed by atoms with Crippen LogP contribution in [0.15, 0.2) is 64.8 Å². The summed E-state index contributed by atoms with van der Waals surface area (Å²) in [4.78, 5) is 123. The SMILES string of the molecule is C[C@@H](C(O)CO)[C@H](N)C(=O)N[C@H]1Cc2c([nH]c3ccccc23)SC[C@@H](C(=O)N[C@@H](CCN=O)C(=O)N2C[C@H](O)C[C@H]2C(=O)O)NC(=O)CNC(=O)[C@H](Cc2ccccc2)NC(=O)CNC1=O. The summed E-state index contributed by atoms with van der Waals surface area (Å²) in [6.07, 6.45) is -3.49. The zero-order valence-electron chi connectivity index (χ0n) is 35.8. The molecule has 356 valence electrons. The van der Waals surface area contributed by atoms with Crippen LogP contribution in [-0.2, 0) is 51.2 Å². The first-order valence-electron chi connectivity index (χ1n) is 21.1. The van der Waals surface area contributed by atoms with Crippen molar-refractivity contribution in [1.29, 1.82) is 0 Å². The number of aromatic nitrogens is 1. The normalized spacial score (nSPS) is 23.0. The number of carbonyl (C=O) groups is 8. The lowest BCUT2D eigenvalue weighted by Gasteiger charge is -2.28. The second-order valence-electron chi connectivity index (χ2n) is 16.0. The Kier molecular flexibility index (Phi) is 18.1. The van der Waals surface area contributed by atoms with Gasteiger partial charge in [0.1, 0.15) is 30.2 Å². The average molecular weight is 939 g/mol. The number of hydrogen-bond donors (Lipinski definition) is 12. The van der Waals surface area contributed by atoms with Crippen molar-refractivity contribution in [1.82, 2.24) is 41.8 Å². The van der Waals surface area contributed by atoms with Crippen molar-refractivity contribution in [3.05, 3.63) is 70.6 Å². The van der Waals surface area contributed by atoms with Gasteiger partial charge in [0.2, 0.25) is 41.4 Å². The highest BCUT2D eigenvalue weighted by molar-refractivity contribution is 7.99. The number of carbonyl (C=O) groups excluding carboxylic acids is 7. The van der Waals surface area contributed by atoms with E-state index in [0.717, 1.165) is 16.7 Å². The van der Waals surface area contributed by atoms with E-state index in [0.29, 0.717) is 27.1 Å². The van der Waals surface area contributed by atoms with E-state index in [9.17, 15) is 63.7 Å². The molecule has 1 fully saturated rings. The van der Waals surface area contributed by atoms with Crippen LogP contribution in [-0.4, -0.2) is 165 Å². The summed E-state index contributed by atoms with van der Waals surface area (Å²) < 4.78 is 0. The first-order valence-corrected chi connectivity index (χ1v) is 22.1. The van der Waals surface area contributed by atoms with Crippen LogP contribution in [0.25, 0.3) is 10.9 Å². The highest BCUT2D eigenvalue weighted by Gasteiger charge is 2.42. The summed E-state index contributed by atoms with van der Waals surface area (Å²) in [6.45, 7) is -1.44. The maximum absolute atomic E-state index is 14.2. The Balaban J connectivity index is 1.52. The topological polar surface area (TPSA) is 364 Å². The number of likely N-dealkylation sites (tertiary alicyclic amines) is 1. The number of amides is 7. The molecule has 66 heavy (non-hydrogen) atoms. The van der Waals surface area contributed by atoms with Crippen molar-refractivity contribution in [2.45, 2.75) is 86.1 Å². The van der Waals surface area contributed by atoms with E-state index in [2.05, 4.69) is 42.1 Å². The Morgan fingerprint density at radius 2 is 1.64 bits per heavy atom. The van der Waals surface area contributed by atoms with Gasteiger partial charge in [-0.2, -0.15) is 4.91 Å². The molecule has 2 aliphatic rings. The van der Waals surface area contributed by atoms with Crippen molar-refractivity contribution in [2.24, 2.45) is 16.8 Å². The number of benzene rings is 2. The number of fused-ring (bicyclic) bond motifs is 3. The molecule has 1 aromatic heterocycles. The molecule has 1 unspecified atom stereocenters. The molecule has 3 aromatic rings. The summed E-state index contributed by atoms with van der Waals surface area (Å²) in [7, 11) is 0. The first kappa shape index (κ1) is 50.5. The van der Waals surface area contributed by atoms with Gasteiger partial charge in [-0.1, -0.05) is 60.6 Å². The fourth-order valence-corrected chi connectivity index (χ4v) is 8.63. The van der Waals surface area contributed by atoms with E-state index < -0.39 is 128 Å². The number of carboxylic acids is 1. The van der Waals surface area contributed by atoms with Gasteiger partial charge >= 0.3 is 5.97 Å². The third-order valence-corrected chi connectivity index (χ3v) is 12.4. The molecular formula is C42H54N10O13S. The van der Waals surface area contributed by atoms with Crippen LogP contribution in [0.2, 0.25) is 0 Å². The lowest BCUT2D eigenvalue weighted by atomic mass is 9.95. The fraction of sp³-hybridized carbons (Fsp3) is 0.476. The quantitative estimate of drug-likeness (QED) is 0.0707.